The van der Waals surface area contributed by atoms with E-state index in [0.29, 0.717) is 40.6 Å². The quantitative estimate of drug-likeness (QED) is 0.357. The molecule has 0 spiro atoms. The molecule has 3 rings (SSSR count). The Labute approximate surface area is 208 Å². The maximum Gasteiger partial charge on any atom is 0.268 e. The van der Waals surface area contributed by atoms with E-state index in [0.717, 1.165) is 4.68 Å². The van der Waals surface area contributed by atoms with Crippen LogP contribution in [0.25, 0.3) is 11.1 Å². The van der Waals surface area contributed by atoms with Gasteiger partial charge in [-0.25, -0.2) is 4.68 Å². The molecular formula is C27H26N4O5. The van der Waals surface area contributed by atoms with Crippen molar-refractivity contribution >= 4 is 23.7 Å². The lowest BCUT2D eigenvalue weighted by Crippen LogP contribution is -2.36. The molecule has 1 heterocycles. The van der Waals surface area contributed by atoms with E-state index >= 15 is 0 Å². The number of Topliss-reactive ketones (excluding diaryl/α,β-unsaturated/α-hetero) is 1. The summed E-state index contributed by atoms with van der Waals surface area (Å²) in [5.41, 5.74) is 1.57. The molecule has 0 aliphatic heterocycles. The van der Waals surface area contributed by atoms with Gasteiger partial charge in [-0.1, -0.05) is 13.8 Å². The molecule has 0 saturated heterocycles. The van der Waals surface area contributed by atoms with Crippen LogP contribution in [0.4, 0.5) is 5.69 Å². The minimum atomic E-state index is -0.955. The first kappa shape index (κ1) is 26.0. The van der Waals surface area contributed by atoms with Crippen molar-refractivity contribution in [1.29, 1.82) is 5.26 Å². The van der Waals surface area contributed by atoms with E-state index in [4.69, 9.17) is 4.74 Å². The number of hydrogen-bond donors (Lipinski definition) is 1. The molecule has 0 aliphatic carbocycles. The molecule has 0 fully saturated rings. The van der Waals surface area contributed by atoms with E-state index in [1.54, 1.807) is 24.3 Å². The zero-order chi connectivity index (χ0) is 26.4. The predicted molar refractivity (Wildman–Crippen MR) is 134 cm³/mol. The largest absolute Gasteiger partial charge is 0.480 e. The molecule has 0 bridgehead atoms. The van der Waals surface area contributed by atoms with E-state index in [1.807, 2.05) is 19.9 Å². The number of methoxy groups -OCH3 is 1. The third-order valence-corrected chi connectivity index (χ3v) is 5.54. The van der Waals surface area contributed by atoms with Crippen molar-refractivity contribution in [1.82, 2.24) is 9.78 Å². The number of rotatable bonds is 9. The number of amides is 1. The number of nitrogens with zero attached hydrogens (tertiary/aromatic N) is 3. The average Bonchev–Trinajstić information content (AvgIpc) is 2.87. The number of aldehydes is 1. The lowest BCUT2D eigenvalue weighted by atomic mass is 9.96. The molecule has 36 heavy (non-hydrogen) atoms. The van der Waals surface area contributed by atoms with Crippen LogP contribution in [-0.2, 0) is 4.79 Å². The van der Waals surface area contributed by atoms with E-state index in [1.165, 1.54) is 38.3 Å². The molecule has 1 atom stereocenters. The first-order chi connectivity index (χ1) is 17.2. The van der Waals surface area contributed by atoms with Gasteiger partial charge in [-0.15, -0.1) is 5.10 Å². The SMILES string of the molecule is COc1nn(C(CC(C)C)C(=O)Nc2ccc(C=O)cc2)c(=O)cc1-c1cc(C#N)ccc1C(C)=O. The fourth-order valence-electron chi connectivity index (χ4n) is 3.80. The fourth-order valence-corrected chi connectivity index (χ4v) is 3.80. The lowest BCUT2D eigenvalue weighted by Gasteiger charge is -2.21. The molecule has 0 saturated carbocycles. The Balaban J connectivity index is 2.10. The molecule has 0 aliphatic rings. The smallest absolute Gasteiger partial charge is 0.268 e. The standard InChI is InChI=1S/C27H26N4O5/c1-16(2)11-24(26(35)29-20-8-5-18(15-32)6-9-20)31-25(34)13-23(27(30-31)36-4)22-12-19(14-28)7-10-21(22)17(3)33/h5-10,12-13,15-16,24H,11H2,1-4H3,(H,29,35). The number of carbonyl (C=O) groups is 3. The zero-order valence-electron chi connectivity index (χ0n) is 20.4. The van der Waals surface area contributed by atoms with Crippen LogP contribution in [0.1, 0.15) is 59.5 Å². The summed E-state index contributed by atoms with van der Waals surface area (Å²) in [6, 6.07) is 13.2. The summed E-state index contributed by atoms with van der Waals surface area (Å²) in [7, 11) is 1.37. The number of nitriles is 1. The van der Waals surface area contributed by atoms with Crippen LogP contribution >= 0.6 is 0 Å². The maximum absolute atomic E-state index is 13.3. The Morgan fingerprint density at radius 3 is 2.39 bits per heavy atom. The number of benzene rings is 2. The van der Waals surface area contributed by atoms with E-state index in [-0.39, 0.29) is 23.1 Å². The van der Waals surface area contributed by atoms with E-state index in [2.05, 4.69) is 10.4 Å². The van der Waals surface area contributed by atoms with Gasteiger partial charge in [0, 0.05) is 22.9 Å². The third kappa shape index (κ3) is 5.73. The number of hydrogen-bond acceptors (Lipinski definition) is 7. The fraction of sp³-hybridized carbons (Fsp3) is 0.259. The van der Waals surface area contributed by atoms with Crippen molar-refractivity contribution < 1.29 is 19.1 Å². The van der Waals surface area contributed by atoms with Crippen molar-refractivity contribution in [3.05, 3.63) is 75.6 Å². The van der Waals surface area contributed by atoms with Gasteiger partial charge in [-0.05, 0) is 67.3 Å². The van der Waals surface area contributed by atoms with Gasteiger partial charge < -0.3 is 10.1 Å². The van der Waals surface area contributed by atoms with Gasteiger partial charge in [-0.3, -0.25) is 19.2 Å². The Morgan fingerprint density at radius 1 is 1.14 bits per heavy atom. The van der Waals surface area contributed by atoms with Crippen molar-refractivity contribution in [3.8, 4) is 23.1 Å². The van der Waals surface area contributed by atoms with Crippen LogP contribution in [-0.4, -0.2) is 34.9 Å². The van der Waals surface area contributed by atoms with Crippen LogP contribution in [0.3, 0.4) is 0 Å². The molecule has 1 aromatic heterocycles. The van der Waals surface area contributed by atoms with Crippen molar-refractivity contribution in [2.45, 2.75) is 33.2 Å². The van der Waals surface area contributed by atoms with Gasteiger partial charge in [0.25, 0.3) is 5.56 Å². The summed E-state index contributed by atoms with van der Waals surface area (Å²) in [5.74, 6) is -0.625. The van der Waals surface area contributed by atoms with Gasteiger partial charge in [-0.2, -0.15) is 5.26 Å². The van der Waals surface area contributed by atoms with Crippen LogP contribution in [0.5, 0.6) is 5.88 Å². The van der Waals surface area contributed by atoms with Crippen LogP contribution in [0.2, 0.25) is 0 Å². The summed E-state index contributed by atoms with van der Waals surface area (Å²) >= 11 is 0. The summed E-state index contributed by atoms with van der Waals surface area (Å²) in [5, 5.41) is 16.4. The highest BCUT2D eigenvalue weighted by Gasteiger charge is 2.27. The molecule has 1 N–H and O–H groups in total. The molecule has 9 heteroatoms. The van der Waals surface area contributed by atoms with E-state index < -0.39 is 17.5 Å². The van der Waals surface area contributed by atoms with Crippen molar-refractivity contribution in [2.24, 2.45) is 5.92 Å². The van der Waals surface area contributed by atoms with Crippen molar-refractivity contribution in [3.63, 3.8) is 0 Å². The normalized spacial score (nSPS) is 11.4. The number of ketones is 1. The monoisotopic (exact) mass is 486 g/mol. The van der Waals surface area contributed by atoms with Gasteiger partial charge in [0.15, 0.2) is 5.78 Å². The number of anilines is 1. The number of ether oxygens (including phenoxy) is 1. The summed E-state index contributed by atoms with van der Waals surface area (Å²) in [4.78, 5) is 49.6. The van der Waals surface area contributed by atoms with Crippen LogP contribution in [0, 0.1) is 17.2 Å². The molecule has 3 aromatic rings. The molecule has 1 unspecified atom stereocenters. The number of aromatic nitrogens is 2. The van der Waals surface area contributed by atoms with Gasteiger partial charge in [0.1, 0.15) is 12.3 Å². The Morgan fingerprint density at radius 2 is 1.83 bits per heavy atom. The second-order valence-electron chi connectivity index (χ2n) is 8.65. The second kappa shape index (κ2) is 11.2. The molecule has 2 aromatic carbocycles. The topological polar surface area (TPSA) is 131 Å². The average molecular weight is 487 g/mol. The lowest BCUT2D eigenvalue weighted by molar-refractivity contribution is -0.120. The minimum absolute atomic E-state index is 0.0316. The highest BCUT2D eigenvalue weighted by atomic mass is 16.5. The molecule has 184 valence electrons. The highest BCUT2D eigenvalue weighted by molar-refractivity contribution is 6.01. The highest BCUT2D eigenvalue weighted by Crippen LogP contribution is 2.32. The maximum atomic E-state index is 13.3. The molecule has 9 nitrogen and oxygen atoms in total. The molecule has 1 amide bonds. The first-order valence-electron chi connectivity index (χ1n) is 11.3. The third-order valence-electron chi connectivity index (χ3n) is 5.54. The summed E-state index contributed by atoms with van der Waals surface area (Å²) in [6.45, 7) is 5.22. The predicted octanol–water partition coefficient (Wildman–Crippen LogP) is 4.03. The van der Waals surface area contributed by atoms with Gasteiger partial charge >= 0.3 is 0 Å². The summed E-state index contributed by atoms with van der Waals surface area (Å²) in [6.07, 6.45) is 1.02. The van der Waals surface area contributed by atoms with Crippen LogP contribution in [0.15, 0.2) is 53.3 Å². The zero-order valence-corrected chi connectivity index (χ0v) is 20.4. The first-order valence-corrected chi connectivity index (χ1v) is 11.3. The van der Waals surface area contributed by atoms with Crippen LogP contribution < -0.4 is 15.6 Å². The minimum Gasteiger partial charge on any atom is -0.480 e. The summed E-state index contributed by atoms with van der Waals surface area (Å²) < 4.78 is 6.52. The second-order valence-corrected chi connectivity index (χ2v) is 8.65. The Kier molecular flexibility index (Phi) is 8.12. The van der Waals surface area contributed by atoms with Crippen molar-refractivity contribution in [2.75, 3.05) is 12.4 Å². The van der Waals surface area contributed by atoms with Gasteiger partial charge in [0.2, 0.25) is 11.8 Å². The molecular weight excluding hydrogens is 460 g/mol. The number of carbonyl (C=O) groups excluding carboxylic acids is 3. The Bertz CT molecular complexity index is 1400. The number of nitrogens with one attached hydrogen (secondary N) is 1. The van der Waals surface area contributed by atoms with E-state index in [9.17, 15) is 24.4 Å². The Hall–Kier alpha value is -4.58. The molecule has 0 radical (unpaired) electrons. The van der Waals surface area contributed by atoms with Gasteiger partial charge in [0.05, 0.1) is 24.3 Å².